The summed E-state index contributed by atoms with van der Waals surface area (Å²) in [7, 11) is -2.07. The van der Waals surface area contributed by atoms with Gasteiger partial charge in [0.25, 0.3) is 0 Å². The van der Waals surface area contributed by atoms with Crippen LogP contribution in [0.2, 0.25) is 0 Å². The molecule has 1 fully saturated rings. The van der Waals surface area contributed by atoms with Gasteiger partial charge >= 0.3 is 0 Å². The quantitative estimate of drug-likeness (QED) is 0.782. The Bertz CT molecular complexity index is 784. The number of rotatable bonds is 7. The Labute approximate surface area is 135 Å². The molecule has 8 heteroatoms. The molecule has 0 spiro atoms. The molecule has 0 aliphatic heterocycles. The lowest BCUT2D eigenvalue weighted by Gasteiger charge is -2.11. The van der Waals surface area contributed by atoms with Crippen molar-refractivity contribution >= 4 is 10.0 Å². The molecule has 1 atom stereocenters. The number of para-hydroxylation sites is 2. The predicted octanol–water partition coefficient (Wildman–Crippen LogP) is 0.896. The molecule has 1 aromatic carbocycles. The van der Waals surface area contributed by atoms with Gasteiger partial charge in [-0.15, -0.1) is 0 Å². The van der Waals surface area contributed by atoms with E-state index in [1.807, 2.05) is 12.1 Å². The van der Waals surface area contributed by atoms with Gasteiger partial charge in [0.05, 0.1) is 19.5 Å². The van der Waals surface area contributed by atoms with E-state index in [4.69, 9.17) is 10.5 Å². The van der Waals surface area contributed by atoms with E-state index >= 15 is 0 Å². The number of benzene rings is 1. The Balaban J connectivity index is 1.77. The average Bonchev–Trinajstić information content (AvgIpc) is 3.29. The third-order valence-corrected chi connectivity index (χ3v) is 5.32. The van der Waals surface area contributed by atoms with Crippen LogP contribution in [0, 0.1) is 5.92 Å². The van der Waals surface area contributed by atoms with Crippen LogP contribution in [0.3, 0.4) is 0 Å². The van der Waals surface area contributed by atoms with Crippen molar-refractivity contribution < 1.29 is 13.2 Å². The number of ether oxygens (including phenoxy) is 1. The lowest BCUT2D eigenvalue weighted by atomic mass is 10.2. The van der Waals surface area contributed by atoms with Crippen LogP contribution >= 0.6 is 0 Å². The molecular formula is C15H20N4O3S. The Morgan fingerprint density at radius 2 is 2.17 bits per heavy atom. The Hall–Kier alpha value is -1.90. The molecule has 3 rings (SSSR count). The fraction of sp³-hybridized carbons (Fsp3) is 0.400. The van der Waals surface area contributed by atoms with E-state index in [2.05, 4.69) is 9.82 Å². The molecule has 1 aliphatic carbocycles. The number of aromatic nitrogens is 2. The van der Waals surface area contributed by atoms with Gasteiger partial charge in [0, 0.05) is 12.6 Å². The number of sulfonamides is 1. The van der Waals surface area contributed by atoms with Gasteiger partial charge < -0.3 is 10.5 Å². The zero-order valence-corrected chi connectivity index (χ0v) is 13.7. The second-order valence-corrected chi connectivity index (χ2v) is 7.41. The molecule has 1 aromatic heterocycles. The number of nitrogens with two attached hydrogens (primary N) is 1. The monoisotopic (exact) mass is 336 g/mol. The van der Waals surface area contributed by atoms with E-state index in [-0.39, 0.29) is 17.5 Å². The first-order chi connectivity index (χ1) is 11.0. The van der Waals surface area contributed by atoms with Gasteiger partial charge in [-0.2, -0.15) is 5.10 Å². The Kier molecular flexibility index (Phi) is 4.38. The van der Waals surface area contributed by atoms with Crippen LogP contribution in [0.1, 0.15) is 12.8 Å². The summed E-state index contributed by atoms with van der Waals surface area (Å²) in [6.45, 7) is 0.243. The molecule has 1 saturated carbocycles. The zero-order valence-electron chi connectivity index (χ0n) is 12.8. The summed E-state index contributed by atoms with van der Waals surface area (Å²) < 4.78 is 34.0. The second kappa shape index (κ2) is 6.31. The fourth-order valence-electron chi connectivity index (χ4n) is 2.38. The van der Waals surface area contributed by atoms with Crippen molar-refractivity contribution in [3.05, 3.63) is 36.7 Å². The predicted molar refractivity (Wildman–Crippen MR) is 86.0 cm³/mol. The molecule has 124 valence electrons. The minimum Gasteiger partial charge on any atom is -0.494 e. The van der Waals surface area contributed by atoms with E-state index in [0.29, 0.717) is 17.4 Å². The van der Waals surface area contributed by atoms with E-state index in [9.17, 15) is 8.42 Å². The molecule has 0 radical (unpaired) electrons. The van der Waals surface area contributed by atoms with Gasteiger partial charge in [0.15, 0.2) is 0 Å². The van der Waals surface area contributed by atoms with Crippen molar-refractivity contribution in [1.29, 1.82) is 0 Å². The van der Waals surface area contributed by atoms with Gasteiger partial charge in [-0.3, -0.25) is 0 Å². The van der Waals surface area contributed by atoms with E-state index in [1.165, 1.54) is 17.1 Å². The maximum absolute atomic E-state index is 12.3. The molecule has 0 bridgehead atoms. The molecule has 3 N–H and O–H groups in total. The standard InChI is InChI=1S/C15H20N4O3S/c1-22-15-5-3-2-4-14(15)19-10-12(8-17-19)23(20,21)18-9-13(16)11-6-7-11/h2-5,8,10-11,13,18H,6-7,9,16H2,1H3. The highest BCUT2D eigenvalue weighted by atomic mass is 32.2. The summed E-state index contributed by atoms with van der Waals surface area (Å²) in [5.41, 5.74) is 6.61. The molecular weight excluding hydrogens is 316 g/mol. The molecule has 23 heavy (non-hydrogen) atoms. The van der Waals surface area contributed by atoms with Crippen molar-refractivity contribution in [1.82, 2.24) is 14.5 Å². The van der Waals surface area contributed by atoms with E-state index in [0.717, 1.165) is 12.8 Å². The smallest absolute Gasteiger partial charge is 0.243 e. The number of hydrogen-bond donors (Lipinski definition) is 2. The first kappa shape index (κ1) is 16.0. The number of methoxy groups -OCH3 is 1. The van der Waals surface area contributed by atoms with Crippen LogP contribution in [0.5, 0.6) is 5.75 Å². The SMILES string of the molecule is COc1ccccc1-n1cc(S(=O)(=O)NCC(N)C2CC2)cn1. The molecule has 0 saturated heterocycles. The third kappa shape index (κ3) is 3.54. The Morgan fingerprint density at radius 1 is 1.43 bits per heavy atom. The van der Waals surface area contributed by atoms with Crippen LogP contribution in [0.25, 0.3) is 5.69 Å². The topological polar surface area (TPSA) is 99.2 Å². The fourth-order valence-corrected chi connectivity index (χ4v) is 3.38. The molecule has 1 unspecified atom stereocenters. The molecule has 7 nitrogen and oxygen atoms in total. The van der Waals surface area contributed by atoms with Gasteiger partial charge in [0.1, 0.15) is 16.3 Å². The van der Waals surface area contributed by atoms with Crippen molar-refractivity contribution in [2.24, 2.45) is 11.7 Å². The summed E-state index contributed by atoms with van der Waals surface area (Å²) in [6, 6.07) is 7.14. The van der Waals surface area contributed by atoms with Crippen LogP contribution in [-0.2, 0) is 10.0 Å². The highest BCUT2D eigenvalue weighted by molar-refractivity contribution is 7.89. The van der Waals surface area contributed by atoms with Gasteiger partial charge in [-0.1, -0.05) is 12.1 Å². The van der Waals surface area contributed by atoms with Crippen molar-refractivity contribution in [3.63, 3.8) is 0 Å². The van der Waals surface area contributed by atoms with Crippen LogP contribution in [0.4, 0.5) is 0 Å². The molecule has 0 amide bonds. The van der Waals surface area contributed by atoms with E-state index < -0.39 is 10.0 Å². The molecule has 2 aromatic rings. The zero-order chi connectivity index (χ0) is 16.4. The lowest BCUT2D eigenvalue weighted by molar-refractivity contribution is 0.411. The van der Waals surface area contributed by atoms with Crippen LogP contribution in [-0.4, -0.2) is 37.9 Å². The van der Waals surface area contributed by atoms with Crippen molar-refractivity contribution in [2.75, 3.05) is 13.7 Å². The highest BCUT2D eigenvalue weighted by Gasteiger charge is 2.29. The summed E-state index contributed by atoms with van der Waals surface area (Å²) in [4.78, 5) is 0.103. The second-order valence-electron chi connectivity index (χ2n) is 5.65. The summed E-state index contributed by atoms with van der Waals surface area (Å²) in [5, 5.41) is 4.12. The highest BCUT2D eigenvalue weighted by Crippen LogP contribution is 2.31. The van der Waals surface area contributed by atoms with Crippen LogP contribution in [0.15, 0.2) is 41.6 Å². The summed E-state index contributed by atoms with van der Waals surface area (Å²) in [6.07, 6.45) is 4.93. The number of hydrogen-bond acceptors (Lipinski definition) is 5. The van der Waals surface area contributed by atoms with Crippen molar-refractivity contribution in [3.8, 4) is 11.4 Å². The van der Waals surface area contributed by atoms with E-state index in [1.54, 1.807) is 19.2 Å². The minimum atomic E-state index is -3.62. The summed E-state index contributed by atoms with van der Waals surface area (Å²) in [5.74, 6) is 1.05. The largest absolute Gasteiger partial charge is 0.494 e. The lowest BCUT2D eigenvalue weighted by Crippen LogP contribution is -2.38. The maximum Gasteiger partial charge on any atom is 0.243 e. The molecule has 1 aliphatic rings. The maximum atomic E-state index is 12.3. The van der Waals surface area contributed by atoms with Crippen molar-refractivity contribution in [2.45, 2.75) is 23.8 Å². The molecule has 1 heterocycles. The van der Waals surface area contributed by atoms with Gasteiger partial charge in [0.2, 0.25) is 10.0 Å². The first-order valence-corrected chi connectivity index (χ1v) is 8.93. The Morgan fingerprint density at radius 3 is 2.87 bits per heavy atom. The number of nitrogens with one attached hydrogen (secondary N) is 1. The minimum absolute atomic E-state index is 0.103. The normalized spacial score (nSPS) is 16.3. The van der Waals surface area contributed by atoms with Gasteiger partial charge in [-0.25, -0.2) is 17.8 Å². The third-order valence-electron chi connectivity index (χ3n) is 3.94. The first-order valence-electron chi connectivity index (χ1n) is 7.44. The van der Waals surface area contributed by atoms with Crippen LogP contribution < -0.4 is 15.2 Å². The average molecular weight is 336 g/mol. The van der Waals surface area contributed by atoms with Gasteiger partial charge in [-0.05, 0) is 30.9 Å². The number of nitrogens with zero attached hydrogens (tertiary/aromatic N) is 2. The summed E-state index contributed by atoms with van der Waals surface area (Å²) >= 11 is 0.